The third-order valence-electron chi connectivity index (χ3n) is 7.05. The van der Waals surface area contributed by atoms with Crippen LogP contribution >= 0.6 is 46.4 Å². The van der Waals surface area contributed by atoms with Gasteiger partial charge in [-0.2, -0.15) is 15.8 Å². The monoisotopic (exact) mass is 674 g/mol. The van der Waals surface area contributed by atoms with Gasteiger partial charge >= 0.3 is 5.97 Å². The van der Waals surface area contributed by atoms with Crippen molar-refractivity contribution in [1.82, 2.24) is 0 Å². The average molecular weight is 677 g/mol. The van der Waals surface area contributed by atoms with Crippen LogP contribution in [0.25, 0.3) is 5.57 Å². The topological polar surface area (TPSA) is 124 Å². The fourth-order valence-electron chi connectivity index (χ4n) is 4.84. The fourth-order valence-corrected chi connectivity index (χ4v) is 4.84. The molecule has 0 saturated heterocycles. The summed E-state index contributed by atoms with van der Waals surface area (Å²) in [5.41, 5.74) is 7.60. The Hall–Kier alpha value is -3.18. The van der Waals surface area contributed by atoms with E-state index in [-0.39, 0.29) is 45.0 Å². The molecular formula is C34H38Cl4N4O2. The number of carbonyl (C=O) groups is 1. The lowest BCUT2D eigenvalue weighted by Crippen LogP contribution is -2.39. The van der Waals surface area contributed by atoms with Gasteiger partial charge in [0.1, 0.15) is 6.07 Å². The highest BCUT2D eigenvalue weighted by Crippen LogP contribution is 2.54. The van der Waals surface area contributed by atoms with Gasteiger partial charge in [0, 0.05) is 5.92 Å². The molecule has 44 heavy (non-hydrogen) atoms. The maximum Gasteiger partial charge on any atom is 0.339 e. The first-order valence-electron chi connectivity index (χ1n) is 13.7. The van der Waals surface area contributed by atoms with E-state index in [4.69, 9.17) is 56.9 Å². The molecule has 1 aliphatic carbocycles. The van der Waals surface area contributed by atoms with Crippen LogP contribution in [0.15, 0.2) is 65.4 Å². The van der Waals surface area contributed by atoms with E-state index in [2.05, 4.69) is 53.7 Å². The van der Waals surface area contributed by atoms with Gasteiger partial charge in [-0.25, -0.2) is 4.79 Å². The molecule has 0 amide bonds. The average Bonchev–Trinajstić information content (AvgIpc) is 2.97. The molecule has 2 N–H and O–H groups in total. The minimum Gasteiger partial charge on any atom is -0.462 e. The van der Waals surface area contributed by atoms with Crippen molar-refractivity contribution in [2.45, 2.75) is 65.2 Å². The van der Waals surface area contributed by atoms with Gasteiger partial charge in [0.25, 0.3) is 0 Å². The number of rotatable bonds is 4. The number of halogens is 4. The van der Waals surface area contributed by atoms with Crippen LogP contribution in [0.3, 0.4) is 0 Å². The van der Waals surface area contributed by atoms with Gasteiger partial charge in [0.05, 0.1) is 46.3 Å². The first kappa shape index (κ1) is 38.8. The molecule has 1 aliphatic rings. The Morgan fingerprint density at radius 3 is 1.59 bits per heavy atom. The van der Waals surface area contributed by atoms with E-state index in [9.17, 15) is 20.6 Å². The molecule has 0 aliphatic heterocycles. The van der Waals surface area contributed by atoms with Crippen LogP contribution in [0.4, 0.5) is 0 Å². The summed E-state index contributed by atoms with van der Waals surface area (Å²) in [5.74, 6) is -1.66. The van der Waals surface area contributed by atoms with Gasteiger partial charge in [-0.3, -0.25) is 0 Å². The lowest BCUT2D eigenvalue weighted by Gasteiger charge is -2.38. The fraction of sp³-hybridized carbons (Fsp3) is 0.412. The third-order valence-corrected chi connectivity index (χ3v) is 7.05. The molecule has 10 heteroatoms. The molecule has 1 atom stereocenters. The van der Waals surface area contributed by atoms with Crippen LogP contribution in [0.5, 0.6) is 0 Å². The number of allylic oxidation sites excluding steroid dienone is 2. The summed E-state index contributed by atoms with van der Waals surface area (Å²) in [6, 6.07) is 21.5. The molecule has 0 bridgehead atoms. The summed E-state index contributed by atoms with van der Waals surface area (Å²) in [6.45, 7) is 14.3. The number of nitrogens with two attached hydrogens (primary N) is 1. The van der Waals surface area contributed by atoms with E-state index in [1.54, 1.807) is 6.92 Å². The van der Waals surface area contributed by atoms with Gasteiger partial charge in [-0.15, -0.1) is 46.4 Å². The molecule has 234 valence electrons. The molecule has 3 rings (SSSR count). The summed E-state index contributed by atoms with van der Waals surface area (Å²) in [5, 5.41) is 31.4. The SMILES string of the molecule is CCOC(=O)C1=C(c2ccc(C(C)(C)C)cc2)[C@H](c2ccc(C(C)(C)C)cc2)C(C#N)(C#N)C(N)=C1C#N.ClCCl.ClCCl. The van der Waals surface area contributed by atoms with Crippen molar-refractivity contribution in [3.8, 4) is 18.2 Å². The summed E-state index contributed by atoms with van der Waals surface area (Å²) < 4.78 is 5.37. The number of hydrogen-bond donors (Lipinski definition) is 1. The number of alkyl halides is 4. The number of nitriles is 3. The highest BCUT2D eigenvalue weighted by Gasteiger charge is 2.52. The van der Waals surface area contributed by atoms with Crippen LogP contribution in [-0.2, 0) is 20.4 Å². The second kappa shape index (κ2) is 16.8. The molecule has 0 unspecified atom stereocenters. The number of benzene rings is 2. The Morgan fingerprint density at radius 2 is 1.25 bits per heavy atom. The maximum atomic E-state index is 13.4. The molecule has 0 heterocycles. The largest absolute Gasteiger partial charge is 0.462 e. The first-order chi connectivity index (χ1) is 20.6. The summed E-state index contributed by atoms with van der Waals surface area (Å²) in [6.07, 6.45) is 0. The van der Waals surface area contributed by atoms with Crippen LogP contribution in [0, 0.1) is 39.4 Å². The van der Waals surface area contributed by atoms with Crippen molar-refractivity contribution in [1.29, 1.82) is 15.8 Å². The molecular weight excluding hydrogens is 638 g/mol. The van der Waals surface area contributed by atoms with Gasteiger partial charge in [-0.05, 0) is 45.6 Å². The van der Waals surface area contributed by atoms with Gasteiger partial charge < -0.3 is 10.5 Å². The zero-order chi connectivity index (χ0) is 33.9. The summed E-state index contributed by atoms with van der Waals surface area (Å²) >= 11 is 19.1. The van der Waals surface area contributed by atoms with E-state index >= 15 is 0 Å². The van der Waals surface area contributed by atoms with Crippen LogP contribution in [0.1, 0.15) is 76.6 Å². The highest BCUT2D eigenvalue weighted by molar-refractivity contribution is 6.41. The van der Waals surface area contributed by atoms with E-state index < -0.39 is 17.3 Å². The molecule has 2 aromatic carbocycles. The van der Waals surface area contributed by atoms with Crippen molar-refractivity contribution >= 4 is 57.9 Å². The van der Waals surface area contributed by atoms with E-state index in [1.807, 2.05) is 54.6 Å². The van der Waals surface area contributed by atoms with Gasteiger partial charge in [0.2, 0.25) is 0 Å². The number of esters is 1. The van der Waals surface area contributed by atoms with E-state index in [0.717, 1.165) is 11.1 Å². The quantitative estimate of drug-likeness (QED) is 0.255. The zero-order valence-corrected chi connectivity index (χ0v) is 29.1. The lowest BCUT2D eigenvalue weighted by molar-refractivity contribution is -0.138. The van der Waals surface area contributed by atoms with Gasteiger partial charge in [0.15, 0.2) is 5.41 Å². The Balaban J connectivity index is 0.00000149. The molecule has 0 radical (unpaired) electrons. The second-order valence-corrected chi connectivity index (χ2v) is 13.4. The predicted octanol–water partition coefficient (Wildman–Crippen LogP) is 9.01. The predicted molar refractivity (Wildman–Crippen MR) is 180 cm³/mol. The molecule has 0 fully saturated rings. The minimum absolute atomic E-state index is 0.0126. The smallest absolute Gasteiger partial charge is 0.339 e. The molecule has 0 saturated carbocycles. The van der Waals surface area contributed by atoms with E-state index in [1.165, 1.54) is 0 Å². The van der Waals surface area contributed by atoms with Gasteiger partial charge in [-0.1, -0.05) is 90.1 Å². The van der Waals surface area contributed by atoms with Crippen molar-refractivity contribution < 1.29 is 9.53 Å². The first-order valence-corrected chi connectivity index (χ1v) is 15.8. The lowest BCUT2D eigenvalue weighted by atomic mass is 9.61. The van der Waals surface area contributed by atoms with Crippen molar-refractivity contribution in [3.63, 3.8) is 0 Å². The number of nitrogens with zero attached hydrogens (tertiary/aromatic N) is 3. The van der Waals surface area contributed by atoms with E-state index in [0.29, 0.717) is 16.7 Å². The van der Waals surface area contributed by atoms with Crippen LogP contribution in [-0.4, -0.2) is 23.3 Å². The maximum absolute atomic E-state index is 13.4. The van der Waals surface area contributed by atoms with Crippen LogP contribution < -0.4 is 5.73 Å². The highest BCUT2D eigenvalue weighted by atomic mass is 35.5. The Kier molecular flexibility index (Phi) is 14.8. The minimum atomic E-state index is -1.91. The standard InChI is InChI=1S/C32H34N4O2.2CH2Cl2/c1-8-38-29(37)26-24(17-33)28(36)32(18-34,19-35)27(21-11-15-23(16-12-21)31(5,6)7)25(26)20-9-13-22(14-10-20)30(2,3)4;2*2-1-3/h9-16,27H,8,36H2,1-7H3;2*1H2/t27-;;/m0../s1. The Bertz CT molecular complexity index is 1460. The van der Waals surface area contributed by atoms with Crippen LogP contribution in [0.2, 0.25) is 0 Å². The second-order valence-electron chi connectivity index (χ2n) is 11.8. The summed E-state index contributed by atoms with van der Waals surface area (Å²) in [4.78, 5) is 13.4. The normalized spacial score (nSPS) is 15.8. The van der Waals surface area contributed by atoms with Crippen molar-refractivity contribution in [2.75, 3.05) is 17.3 Å². The number of hydrogen-bond acceptors (Lipinski definition) is 6. The Morgan fingerprint density at radius 1 is 0.841 bits per heavy atom. The summed E-state index contributed by atoms with van der Waals surface area (Å²) in [7, 11) is 0. The number of ether oxygens (including phenoxy) is 1. The molecule has 0 spiro atoms. The molecule has 2 aromatic rings. The van der Waals surface area contributed by atoms with Crippen molar-refractivity contribution in [3.05, 3.63) is 87.6 Å². The zero-order valence-electron chi connectivity index (χ0n) is 26.1. The van der Waals surface area contributed by atoms with Crippen molar-refractivity contribution in [2.24, 2.45) is 11.1 Å². The molecule has 0 aromatic heterocycles. The molecule has 6 nitrogen and oxygen atoms in total. The number of carbonyl (C=O) groups excluding carboxylic acids is 1. The Labute approximate surface area is 281 Å². The third kappa shape index (κ3) is 8.72.